The van der Waals surface area contributed by atoms with Gasteiger partial charge in [-0.2, -0.15) is 16.9 Å². The molecule has 0 saturated heterocycles. The molecule has 1 fully saturated rings. The Morgan fingerprint density at radius 2 is 2.10 bits per heavy atom. The molecule has 1 aromatic carbocycles. The van der Waals surface area contributed by atoms with Crippen molar-refractivity contribution in [2.24, 2.45) is 0 Å². The molecule has 3 nitrogen and oxygen atoms in total. The van der Waals surface area contributed by atoms with Crippen LogP contribution in [-0.2, 0) is 13.1 Å². The first-order chi connectivity index (χ1) is 10.3. The second kappa shape index (κ2) is 7.14. The van der Waals surface area contributed by atoms with Crippen molar-refractivity contribution in [2.75, 3.05) is 6.26 Å². The number of thioether (sulfide) groups is 1. The van der Waals surface area contributed by atoms with Gasteiger partial charge in [0.25, 0.3) is 0 Å². The van der Waals surface area contributed by atoms with Crippen LogP contribution in [0.4, 0.5) is 0 Å². The minimum atomic E-state index is 0.664. The van der Waals surface area contributed by atoms with Crippen molar-refractivity contribution in [3.05, 3.63) is 53.9 Å². The molecule has 1 N–H and O–H groups in total. The number of aromatic nitrogens is 2. The molecule has 0 radical (unpaired) electrons. The predicted octanol–water partition coefficient (Wildman–Crippen LogP) is 3.31. The summed E-state index contributed by atoms with van der Waals surface area (Å²) in [5.74, 6) is 0. The third-order valence-corrected chi connectivity index (χ3v) is 5.37. The lowest BCUT2D eigenvalue weighted by Crippen LogP contribution is -2.33. The van der Waals surface area contributed by atoms with Crippen molar-refractivity contribution >= 4 is 11.8 Å². The summed E-state index contributed by atoms with van der Waals surface area (Å²) in [4.78, 5) is 0. The van der Waals surface area contributed by atoms with Crippen LogP contribution in [0.15, 0.2) is 42.7 Å². The first kappa shape index (κ1) is 14.7. The Morgan fingerprint density at radius 1 is 1.24 bits per heavy atom. The van der Waals surface area contributed by atoms with Gasteiger partial charge in [-0.05, 0) is 24.7 Å². The van der Waals surface area contributed by atoms with Gasteiger partial charge in [0.1, 0.15) is 0 Å². The van der Waals surface area contributed by atoms with Gasteiger partial charge in [-0.3, -0.25) is 4.68 Å². The maximum atomic E-state index is 4.47. The SMILES string of the molecule is CSC1CCCC1NCc1cnn(Cc2ccccc2)c1. The Morgan fingerprint density at radius 3 is 2.90 bits per heavy atom. The zero-order valence-corrected chi connectivity index (χ0v) is 13.4. The molecule has 21 heavy (non-hydrogen) atoms. The Balaban J connectivity index is 1.53. The molecular formula is C17H23N3S. The lowest BCUT2D eigenvalue weighted by molar-refractivity contribution is 0.532. The van der Waals surface area contributed by atoms with E-state index in [1.165, 1.54) is 30.4 Å². The number of hydrogen-bond acceptors (Lipinski definition) is 3. The molecule has 0 aliphatic heterocycles. The molecule has 0 spiro atoms. The predicted molar refractivity (Wildman–Crippen MR) is 89.6 cm³/mol. The number of nitrogens with one attached hydrogen (secondary N) is 1. The van der Waals surface area contributed by atoms with Crippen molar-refractivity contribution in [3.8, 4) is 0 Å². The van der Waals surface area contributed by atoms with Gasteiger partial charge in [-0.15, -0.1) is 0 Å². The Hall–Kier alpha value is -1.26. The molecule has 2 atom stereocenters. The minimum Gasteiger partial charge on any atom is -0.309 e. The highest BCUT2D eigenvalue weighted by Gasteiger charge is 2.25. The van der Waals surface area contributed by atoms with Crippen LogP contribution in [0.3, 0.4) is 0 Å². The van der Waals surface area contributed by atoms with Crippen molar-refractivity contribution in [2.45, 2.75) is 43.6 Å². The van der Waals surface area contributed by atoms with Gasteiger partial charge in [-0.25, -0.2) is 0 Å². The van der Waals surface area contributed by atoms with Crippen LogP contribution >= 0.6 is 11.8 Å². The minimum absolute atomic E-state index is 0.664. The zero-order chi connectivity index (χ0) is 14.5. The summed E-state index contributed by atoms with van der Waals surface area (Å²) < 4.78 is 2.02. The summed E-state index contributed by atoms with van der Waals surface area (Å²) in [5, 5.41) is 8.95. The fraction of sp³-hybridized carbons (Fsp3) is 0.471. The van der Waals surface area contributed by atoms with Crippen LogP contribution in [0.2, 0.25) is 0 Å². The van der Waals surface area contributed by atoms with Crippen molar-refractivity contribution in [1.82, 2.24) is 15.1 Å². The van der Waals surface area contributed by atoms with Gasteiger partial charge in [0.05, 0.1) is 12.7 Å². The van der Waals surface area contributed by atoms with Gasteiger partial charge >= 0.3 is 0 Å². The van der Waals surface area contributed by atoms with Gasteiger partial charge in [0, 0.05) is 29.6 Å². The summed E-state index contributed by atoms with van der Waals surface area (Å²) in [5.41, 5.74) is 2.57. The quantitative estimate of drug-likeness (QED) is 0.888. The number of benzene rings is 1. The molecular weight excluding hydrogens is 278 g/mol. The molecule has 1 heterocycles. The lowest BCUT2D eigenvalue weighted by atomic mass is 10.2. The number of hydrogen-bond donors (Lipinski definition) is 1. The van der Waals surface area contributed by atoms with Crippen LogP contribution in [0, 0.1) is 0 Å². The first-order valence-electron chi connectivity index (χ1n) is 7.66. The molecule has 0 bridgehead atoms. The van der Waals surface area contributed by atoms with E-state index in [-0.39, 0.29) is 0 Å². The Labute approximate surface area is 131 Å². The van der Waals surface area contributed by atoms with Gasteiger partial charge in [0.15, 0.2) is 0 Å². The fourth-order valence-electron chi connectivity index (χ4n) is 3.05. The standard InChI is InChI=1S/C17H23N3S/c1-21-17-9-5-8-16(17)18-10-15-11-19-20(13-15)12-14-6-3-2-4-7-14/h2-4,6-7,11,13,16-18H,5,8-10,12H2,1H3. The smallest absolute Gasteiger partial charge is 0.0659 e. The van der Waals surface area contributed by atoms with E-state index >= 15 is 0 Å². The van der Waals surface area contributed by atoms with Crippen LogP contribution in [0.25, 0.3) is 0 Å². The van der Waals surface area contributed by atoms with E-state index in [1.807, 2.05) is 28.7 Å². The van der Waals surface area contributed by atoms with E-state index in [0.717, 1.165) is 18.3 Å². The summed E-state index contributed by atoms with van der Waals surface area (Å²) >= 11 is 2.00. The van der Waals surface area contributed by atoms with Gasteiger partial charge in [-0.1, -0.05) is 36.8 Å². The highest BCUT2D eigenvalue weighted by Crippen LogP contribution is 2.28. The molecule has 1 aliphatic carbocycles. The maximum Gasteiger partial charge on any atom is 0.0659 e. The van der Waals surface area contributed by atoms with E-state index in [9.17, 15) is 0 Å². The van der Waals surface area contributed by atoms with Crippen LogP contribution < -0.4 is 5.32 Å². The second-order valence-corrected chi connectivity index (χ2v) is 6.80. The second-order valence-electron chi connectivity index (χ2n) is 5.72. The lowest BCUT2D eigenvalue weighted by Gasteiger charge is -2.18. The van der Waals surface area contributed by atoms with Crippen molar-refractivity contribution in [1.29, 1.82) is 0 Å². The molecule has 2 unspecified atom stereocenters. The topological polar surface area (TPSA) is 29.9 Å². The summed E-state index contributed by atoms with van der Waals surface area (Å²) in [6.07, 6.45) is 10.4. The largest absolute Gasteiger partial charge is 0.309 e. The Bertz CT molecular complexity index is 552. The first-order valence-corrected chi connectivity index (χ1v) is 8.95. The third kappa shape index (κ3) is 3.89. The highest BCUT2D eigenvalue weighted by atomic mass is 32.2. The van der Waals surface area contributed by atoms with Crippen LogP contribution in [0.5, 0.6) is 0 Å². The van der Waals surface area contributed by atoms with E-state index in [2.05, 4.69) is 47.1 Å². The fourth-order valence-corrected chi connectivity index (χ4v) is 4.01. The molecule has 2 aromatic rings. The molecule has 1 aliphatic rings. The van der Waals surface area contributed by atoms with Crippen LogP contribution in [0.1, 0.15) is 30.4 Å². The van der Waals surface area contributed by atoms with E-state index in [0.29, 0.717) is 6.04 Å². The zero-order valence-electron chi connectivity index (χ0n) is 12.5. The Kier molecular flexibility index (Phi) is 4.99. The molecule has 1 saturated carbocycles. The van der Waals surface area contributed by atoms with E-state index < -0.39 is 0 Å². The van der Waals surface area contributed by atoms with E-state index in [1.54, 1.807) is 0 Å². The third-order valence-electron chi connectivity index (χ3n) is 4.20. The van der Waals surface area contributed by atoms with E-state index in [4.69, 9.17) is 0 Å². The van der Waals surface area contributed by atoms with Crippen molar-refractivity contribution < 1.29 is 0 Å². The molecule has 1 aromatic heterocycles. The van der Waals surface area contributed by atoms with Crippen LogP contribution in [-0.4, -0.2) is 27.3 Å². The summed E-state index contributed by atoms with van der Waals surface area (Å²) in [6, 6.07) is 11.1. The summed E-state index contributed by atoms with van der Waals surface area (Å²) in [6.45, 7) is 1.77. The highest BCUT2D eigenvalue weighted by molar-refractivity contribution is 7.99. The molecule has 112 valence electrons. The average molecular weight is 301 g/mol. The normalized spacial score (nSPS) is 21.8. The average Bonchev–Trinajstić information content (AvgIpc) is 3.15. The number of rotatable bonds is 6. The number of nitrogens with zero attached hydrogens (tertiary/aromatic N) is 2. The maximum absolute atomic E-state index is 4.47. The van der Waals surface area contributed by atoms with Gasteiger partial charge < -0.3 is 5.32 Å². The van der Waals surface area contributed by atoms with Crippen molar-refractivity contribution in [3.63, 3.8) is 0 Å². The molecule has 4 heteroatoms. The molecule has 3 rings (SSSR count). The molecule has 0 amide bonds. The monoisotopic (exact) mass is 301 g/mol. The van der Waals surface area contributed by atoms with Gasteiger partial charge in [0.2, 0.25) is 0 Å². The summed E-state index contributed by atoms with van der Waals surface area (Å²) in [7, 11) is 0.